The lowest BCUT2D eigenvalue weighted by Crippen LogP contribution is -2.54. The molecule has 5 nitrogen and oxygen atoms in total. The van der Waals surface area contributed by atoms with Gasteiger partial charge in [-0.1, -0.05) is 42.5 Å². The molecule has 0 spiro atoms. The Morgan fingerprint density at radius 3 is 2.81 bits per heavy atom. The van der Waals surface area contributed by atoms with Crippen LogP contribution >= 0.6 is 0 Å². The Hall–Kier alpha value is -2.53. The standard InChI is InChI=1S/C22H27N3O2/c1-17-15-24(16-18-7-3-2-4-8-18)12-13-25(17)22(26)23-20-11-5-9-19-10-6-14-27-21(19)20/h2-5,7-9,11,17H,6,10,12-16H2,1H3,(H,23,26)/t17-/m1/s1. The van der Waals surface area contributed by atoms with Crippen LogP contribution in [0.25, 0.3) is 0 Å². The Balaban J connectivity index is 1.38. The number of piperazine rings is 1. The second-order valence-corrected chi connectivity index (χ2v) is 7.44. The van der Waals surface area contributed by atoms with Gasteiger partial charge in [-0.25, -0.2) is 4.79 Å². The summed E-state index contributed by atoms with van der Waals surface area (Å²) in [4.78, 5) is 17.2. The van der Waals surface area contributed by atoms with Crippen LogP contribution in [0.15, 0.2) is 48.5 Å². The number of urea groups is 1. The van der Waals surface area contributed by atoms with Gasteiger partial charge in [-0.2, -0.15) is 0 Å². The Morgan fingerprint density at radius 2 is 2.00 bits per heavy atom. The number of rotatable bonds is 3. The van der Waals surface area contributed by atoms with E-state index in [2.05, 4.69) is 47.5 Å². The molecule has 0 bridgehead atoms. The van der Waals surface area contributed by atoms with Gasteiger partial charge in [0.2, 0.25) is 0 Å². The van der Waals surface area contributed by atoms with Crippen LogP contribution in [0.3, 0.4) is 0 Å². The van der Waals surface area contributed by atoms with Crippen molar-refractivity contribution < 1.29 is 9.53 Å². The van der Waals surface area contributed by atoms with E-state index in [1.807, 2.05) is 23.1 Å². The van der Waals surface area contributed by atoms with Gasteiger partial charge in [-0.3, -0.25) is 4.90 Å². The number of amides is 2. The summed E-state index contributed by atoms with van der Waals surface area (Å²) in [6, 6.07) is 16.6. The maximum absolute atomic E-state index is 12.9. The van der Waals surface area contributed by atoms with Crippen molar-refractivity contribution in [3.63, 3.8) is 0 Å². The van der Waals surface area contributed by atoms with Crippen molar-refractivity contribution in [2.45, 2.75) is 32.4 Å². The van der Waals surface area contributed by atoms with Crippen LogP contribution in [0.5, 0.6) is 5.75 Å². The van der Waals surface area contributed by atoms with Gasteiger partial charge < -0.3 is 15.0 Å². The molecule has 0 unspecified atom stereocenters. The number of hydrogen-bond donors (Lipinski definition) is 1. The second kappa shape index (κ2) is 8.01. The summed E-state index contributed by atoms with van der Waals surface area (Å²) in [5, 5.41) is 3.08. The largest absolute Gasteiger partial charge is 0.491 e. The van der Waals surface area contributed by atoms with E-state index in [0.29, 0.717) is 6.61 Å². The average Bonchev–Trinajstić information content (AvgIpc) is 2.69. The highest BCUT2D eigenvalue weighted by atomic mass is 16.5. The molecule has 2 aromatic rings. The zero-order chi connectivity index (χ0) is 18.6. The molecule has 1 atom stereocenters. The van der Waals surface area contributed by atoms with Gasteiger partial charge in [0.25, 0.3) is 0 Å². The predicted octanol–water partition coefficient (Wildman–Crippen LogP) is 3.75. The normalized spacial score (nSPS) is 19.9. The van der Waals surface area contributed by atoms with Crippen molar-refractivity contribution in [3.05, 3.63) is 59.7 Å². The molecule has 5 heteroatoms. The van der Waals surface area contributed by atoms with Crippen LogP contribution in [-0.4, -0.2) is 48.1 Å². The summed E-state index contributed by atoms with van der Waals surface area (Å²) in [5.74, 6) is 0.840. The molecule has 27 heavy (non-hydrogen) atoms. The fourth-order valence-corrected chi connectivity index (χ4v) is 3.99. The van der Waals surface area contributed by atoms with E-state index in [-0.39, 0.29) is 12.1 Å². The third kappa shape index (κ3) is 4.08. The highest BCUT2D eigenvalue weighted by molar-refractivity contribution is 5.91. The van der Waals surface area contributed by atoms with E-state index in [9.17, 15) is 4.79 Å². The monoisotopic (exact) mass is 365 g/mol. The Labute approximate surface area is 160 Å². The second-order valence-electron chi connectivity index (χ2n) is 7.44. The van der Waals surface area contributed by atoms with Gasteiger partial charge in [0.05, 0.1) is 12.3 Å². The summed E-state index contributed by atoms with van der Waals surface area (Å²) in [6.07, 6.45) is 2.04. The molecule has 1 N–H and O–H groups in total. The first-order chi connectivity index (χ1) is 13.2. The first kappa shape index (κ1) is 17.9. The zero-order valence-corrected chi connectivity index (χ0v) is 15.9. The number of carbonyl (C=O) groups excluding carboxylic acids is 1. The molecule has 1 saturated heterocycles. The number of fused-ring (bicyclic) bond motifs is 1. The predicted molar refractivity (Wildman–Crippen MR) is 107 cm³/mol. The van der Waals surface area contributed by atoms with Crippen molar-refractivity contribution in [1.82, 2.24) is 9.80 Å². The maximum atomic E-state index is 12.9. The number of hydrogen-bond acceptors (Lipinski definition) is 3. The van der Waals surface area contributed by atoms with Crippen LogP contribution < -0.4 is 10.1 Å². The summed E-state index contributed by atoms with van der Waals surface area (Å²) in [5.41, 5.74) is 3.28. The fourth-order valence-electron chi connectivity index (χ4n) is 3.99. The molecule has 4 rings (SSSR count). The first-order valence-electron chi connectivity index (χ1n) is 9.79. The minimum absolute atomic E-state index is 0.0376. The summed E-state index contributed by atoms with van der Waals surface area (Å²) in [6.45, 7) is 6.26. The first-order valence-corrected chi connectivity index (χ1v) is 9.79. The number of aryl methyl sites for hydroxylation is 1. The SMILES string of the molecule is C[C@@H]1CN(Cc2ccccc2)CCN1C(=O)Nc1cccc2c1OCCC2. The minimum atomic E-state index is -0.0376. The maximum Gasteiger partial charge on any atom is 0.322 e. The molecule has 0 saturated carbocycles. The minimum Gasteiger partial charge on any atom is -0.491 e. The molecular weight excluding hydrogens is 338 g/mol. The number of nitrogens with one attached hydrogen (secondary N) is 1. The molecule has 0 aliphatic carbocycles. The Bertz CT molecular complexity index is 793. The highest BCUT2D eigenvalue weighted by Gasteiger charge is 2.28. The van der Waals surface area contributed by atoms with Crippen molar-refractivity contribution >= 4 is 11.7 Å². The van der Waals surface area contributed by atoms with Crippen molar-refractivity contribution in [2.24, 2.45) is 0 Å². The van der Waals surface area contributed by atoms with Crippen molar-refractivity contribution in [3.8, 4) is 5.75 Å². The third-order valence-corrected chi connectivity index (χ3v) is 5.40. The Morgan fingerprint density at radius 1 is 1.15 bits per heavy atom. The lowest BCUT2D eigenvalue weighted by Gasteiger charge is -2.40. The smallest absolute Gasteiger partial charge is 0.322 e. The molecule has 2 aliphatic heterocycles. The molecule has 2 amide bonds. The van der Waals surface area contributed by atoms with Gasteiger partial charge in [0.1, 0.15) is 5.75 Å². The number of anilines is 1. The number of carbonyl (C=O) groups is 1. The van der Waals surface area contributed by atoms with Gasteiger partial charge in [-0.05, 0) is 37.0 Å². The Kier molecular flexibility index (Phi) is 5.30. The van der Waals surface area contributed by atoms with Gasteiger partial charge >= 0.3 is 6.03 Å². The van der Waals surface area contributed by atoms with Gasteiger partial charge in [0, 0.05) is 32.2 Å². The van der Waals surface area contributed by atoms with E-state index in [1.165, 1.54) is 11.1 Å². The number of ether oxygens (including phenoxy) is 1. The molecule has 0 aromatic heterocycles. The molecule has 142 valence electrons. The molecular formula is C22H27N3O2. The third-order valence-electron chi connectivity index (χ3n) is 5.40. The molecule has 0 radical (unpaired) electrons. The summed E-state index contributed by atoms with van der Waals surface area (Å²) in [7, 11) is 0. The van der Waals surface area contributed by atoms with E-state index >= 15 is 0 Å². The summed E-state index contributed by atoms with van der Waals surface area (Å²) < 4.78 is 5.81. The lowest BCUT2D eigenvalue weighted by molar-refractivity contribution is 0.104. The highest BCUT2D eigenvalue weighted by Crippen LogP contribution is 2.33. The van der Waals surface area contributed by atoms with Crippen LogP contribution in [0, 0.1) is 0 Å². The van der Waals surface area contributed by atoms with Crippen molar-refractivity contribution in [2.75, 3.05) is 31.6 Å². The topological polar surface area (TPSA) is 44.8 Å². The molecule has 2 aliphatic rings. The van der Waals surface area contributed by atoms with E-state index in [0.717, 1.165) is 50.5 Å². The molecule has 2 heterocycles. The average molecular weight is 365 g/mol. The number of nitrogens with zero attached hydrogens (tertiary/aromatic N) is 2. The van der Waals surface area contributed by atoms with Gasteiger partial charge in [-0.15, -0.1) is 0 Å². The zero-order valence-electron chi connectivity index (χ0n) is 15.9. The van der Waals surface area contributed by atoms with Crippen LogP contribution in [0.2, 0.25) is 0 Å². The van der Waals surface area contributed by atoms with Crippen LogP contribution in [0.1, 0.15) is 24.5 Å². The van der Waals surface area contributed by atoms with E-state index in [1.54, 1.807) is 0 Å². The summed E-state index contributed by atoms with van der Waals surface area (Å²) >= 11 is 0. The molecule has 1 fully saturated rings. The number of para-hydroxylation sites is 1. The lowest BCUT2D eigenvalue weighted by atomic mass is 10.1. The van der Waals surface area contributed by atoms with Crippen molar-refractivity contribution in [1.29, 1.82) is 0 Å². The molecule has 2 aromatic carbocycles. The quantitative estimate of drug-likeness (QED) is 0.901. The van der Waals surface area contributed by atoms with Crippen LogP contribution in [-0.2, 0) is 13.0 Å². The number of benzene rings is 2. The van der Waals surface area contributed by atoms with E-state index < -0.39 is 0 Å². The fraction of sp³-hybridized carbons (Fsp3) is 0.409. The van der Waals surface area contributed by atoms with Crippen LogP contribution in [0.4, 0.5) is 10.5 Å². The van der Waals surface area contributed by atoms with Gasteiger partial charge in [0.15, 0.2) is 0 Å². The van der Waals surface area contributed by atoms with E-state index in [4.69, 9.17) is 4.74 Å².